The third kappa shape index (κ3) is 4.36. The summed E-state index contributed by atoms with van der Waals surface area (Å²) in [6.07, 6.45) is 0. The number of benzene rings is 1. The number of sulfone groups is 1. The molecule has 7 heteroatoms. The van der Waals surface area contributed by atoms with Crippen LogP contribution >= 0.6 is 0 Å². The van der Waals surface area contributed by atoms with Gasteiger partial charge in [0, 0.05) is 5.69 Å². The van der Waals surface area contributed by atoms with Crippen molar-refractivity contribution in [3.63, 3.8) is 0 Å². The number of hydrogen-bond acceptors (Lipinski definition) is 4. The summed E-state index contributed by atoms with van der Waals surface area (Å²) < 4.78 is 23.3. The summed E-state index contributed by atoms with van der Waals surface area (Å²) in [5.74, 6) is -2.44. The second-order valence-corrected chi connectivity index (χ2v) is 6.59. The van der Waals surface area contributed by atoms with Crippen LogP contribution in [0.1, 0.15) is 12.5 Å². The minimum atomic E-state index is -3.87. The number of primary amides is 1. The molecule has 2 amide bonds. The van der Waals surface area contributed by atoms with Crippen LogP contribution in [0.2, 0.25) is 0 Å². The van der Waals surface area contributed by atoms with Crippen molar-refractivity contribution in [2.24, 2.45) is 5.73 Å². The van der Waals surface area contributed by atoms with Crippen molar-refractivity contribution in [1.82, 2.24) is 0 Å². The zero-order chi connectivity index (χ0) is 14.6. The number of anilines is 1. The van der Waals surface area contributed by atoms with E-state index in [1.165, 1.54) is 0 Å². The van der Waals surface area contributed by atoms with E-state index in [-0.39, 0.29) is 0 Å². The molecule has 0 aromatic heterocycles. The van der Waals surface area contributed by atoms with Gasteiger partial charge in [0.05, 0.1) is 0 Å². The number of rotatable bonds is 5. The summed E-state index contributed by atoms with van der Waals surface area (Å²) in [6, 6.07) is 6.90. The van der Waals surface area contributed by atoms with Gasteiger partial charge >= 0.3 is 0 Å². The molecule has 0 spiro atoms. The molecule has 0 fully saturated rings. The van der Waals surface area contributed by atoms with E-state index in [0.717, 1.165) is 12.5 Å². The van der Waals surface area contributed by atoms with Crippen molar-refractivity contribution in [3.05, 3.63) is 29.8 Å². The number of nitrogens with one attached hydrogen (secondary N) is 1. The topological polar surface area (TPSA) is 106 Å². The van der Waals surface area contributed by atoms with E-state index < -0.39 is 32.7 Å². The first-order chi connectivity index (χ1) is 8.72. The first kappa shape index (κ1) is 15.2. The number of carbonyl (C=O) groups excluding carboxylic acids is 2. The van der Waals surface area contributed by atoms with Crippen LogP contribution in [-0.4, -0.2) is 31.2 Å². The average Bonchev–Trinajstić information content (AvgIpc) is 2.30. The zero-order valence-corrected chi connectivity index (χ0v) is 11.5. The fourth-order valence-corrected chi connectivity index (χ4v) is 2.36. The third-order valence-electron chi connectivity index (χ3n) is 2.61. The van der Waals surface area contributed by atoms with Crippen LogP contribution < -0.4 is 11.1 Å². The highest BCUT2D eigenvalue weighted by atomic mass is 32.2. The van der Waals surface area contributed by atoms with Gasteiger partial charge in [0.2, 0.25) is 11.8 Å². The molecule has 1 rings (SSSR count). The predicted octanol–water partition coefficient (Wildman–Crippen LogP) is 0.222. The van der Waals surface area contributed by atoms with Crippen LogP contribution in [0.5, 0.6) is 0 Å². The highest BCUT2D eigenvalue weighted by molar-refractivity contribution is 7.93. The fourth-order valence-electron chi connectivity index (χ4n) is 1.32. The Morgan fingerprint density at radius 1 is 1.26 bits per heavy atom. The van der Waals surface area contributed by atoms with Gasteiger partial charge in [0.15, 0.2) is 9.84 Å². The summed E-state index contributed by atoms with van der Waals surface area (Å²) in [4.78, 5) is 22.4. The van der Waals surface area contributed by atoms with E-state index >= 15 is 0 Å². The molecular weight excluding hydrogens is 268 g/mol. The highest BCUT2D eigenvalue weighted by Crippen LogP contribution is 2.09. The van der Waals surface area contributed by atoms with Crippen LogP contribution in [-0.2, 0) is 19.4 Å². The minimum Gasteiger partial charge on any atom is -0.369 e. The quantitative estimate of drug-likeness (QED) is 0.806. The van der Waals surface area contributed by atoms with Crippen molar-refractivity contribution in [3.8, 4) is 0 Å². The van der Waals surface area contributed by atoms with Gasteiger partial charge in [-0.15, -0.1) is 0 Å². The molecular formula is C12H16N2O4S. The fraction of sp³-hybridized carbons (Fsp3) is 0.333. The number of carbonyl (C=O) groups is 2. The lowest BCUT2D eigenvalue weighted by atomic mass is 10.2. The maximum absolute atomic E-state index is 11.7. The second kappa shape index (κ2) is 5.83. The lowest BCUT2D eigenvalue weighted by molar-refractivity contribution is -0.117. The summed E-state index contributed by atoms with van der Waals surface area (Å²) in [5, 5.41) is 1.07. The molecule has 104 valence electrons. The standard InChI is InChI=1S/C12H16N2O4S/c1-8-3-5-10(6-4-8)14-11(15)7-19(17,18)9(2)12(13)16/h3-6,9H,7H2,1-2H3,(H2,13,16)(H,14,15). The maximum Gasteiger partial charge on any atom is 0.239 e. The Morgan fingerprint density at radius 2 is 1.79 bits per heavy atom. The number of aryl methyl sites for hydroxylation is 1. The normalized spacial score (nSPS) is 12.7. The van der Waals surface area contributed by atoms with Gasteiger partial charge < -0.3 is 11.1 Å². The first-order valence-electron chi connectivity index (χ1n) is 5.60. The molecule has 1 atom stereocenters. The van der Waals surface area contributed by atoms with Gasteiger partial charge in [-0.25, -0.2) is 8.42 Å². The molecule has 1 aromatic carbocycles. The lowest BCUT2D eigenvalue weighted by Crippen LogP contribution is -2.37. The van der Waals surface area contributed by atoms with Gasteiger partial charge in [0.25, 0.3) is 0 Å². The van der Waals surface area contributed by atoms with Gasteiger partial charge in [-0.2, -0.15) is 0 Å². The largest absolute Gasteiger partial charge is 0.369 e. The Morgan fingerprint density at radius 3 is 2.26 bits per heavy atom. The molecule has 19 heavy (non-hydrogen) atoms. The van der Waals surface area contributed by atoms with Gasteiger partial charge in [-0.3, -0.25) is 9.59 Å². The van der Waals surface area contributed by atoms with Crippen LogP contribution in [0.3, 0.4) is 0 Å². The van der Waals surface area contributed by atoms with Gasteiger partial charge in [-0.05, 0) is 26.0 Å². The Bertz CT molecular complexity index is 578. The lowest BCUT2D eigenvalue weighted by Gasteiger charge is -2.09. The summed E-state index contributed by atoms with van der Waals surface area (Å²) >= 11 is 0. The Hall–Kier alpha value is -1.89. The highest BCUT2D eigenvalue weighted by Gasteiger charge is 2.28. The van der Waals surface area contributed by atoms with Crippen molar-refractivity contribution in [2.75, 3.05) is 11.1 Å². The van der Waals surface area contributed by atoms with Crippen molar-refractivity contribution < 1.29 is 18.0 Å². The molecule has 0 saturated carbocycles. The molecule has 3 N–H and O–H groups in total. The minimum absolute atomic E-state index is 0.498. The van der Waals surface area contributed by atoms with E-state index in [9.17, 15) is 18.0 Å². The van der Waals surface area contributed by atoms with Crippen LogP contribution in [0.4, 0.5) is 5.69 Å². The van der Waals surface area contributed by atoms with Crippen LogP contribution in [0.15, 0.2) is 24.3 Å². The Kier molecular flexibility index (Phi) is 4.66. The van der Waals surface area contributed by atoms with Crippen LogP contribution in [0.25, 0.3) is 0 Å². The molecule has 0 saturated heterocycles. The molecule has 0 heterocycles. The Labute approximate surface area is 111 Å². The summed E-state index contributed by atoms with van der Waals surface area (Å²) in [6.45, 7) is 3.06. The third-order valence-corrected chi connectivity index (χ3v) is 4.58. The van der Waals surface area contributed by atoms with Crippen molar-refractivity contribution >= 4 is 27.3 Å². The molecule has 0 aliphatic carbocycles. The van der Waals surface area contributed by atoms with Gasteiger partial charge in [0.1, 0.15) is 11.0 Å². The SMILES string of the molecule is Cc1ccc(NC(=O)CS(=O)(=O)C(C)C(N)=O)cc1. The smallest absolute Gasteiger partial charge is 0.239 e. The average molecular weight is 284 g/mol. The second-order valence-electron chi connectivity index (χ2n) is 4.27. The van der Waals surface area contributed by atoms with Crippen molar-refractivity contribution in [1.29, 1.82) is 0 Å². The summed E-state index contributed by atoms with van der Waals surface area (Å²) in [5.41, 5.74) is 6.44. The summed E-state index contributed by atoms with van der Waals surface area (Å²) in [7, 11) is -3.87. The first-order valence-corrected chi connectivity index (χ1v) is 7.31. The molecule has 1 unspecified atom stereocenters. The molecule has 0 bridgehead atoms. The molecule has 0 aliphatic rings. The number of hydrogen-bond donors (Lipinski definition) is 2. The zero-order valence-electron chi connectivity index (χ0n) is 10.7. The maximum atomic E-state index is 11.7. The number of nitrogens with two attached hydrogens (primary N) is 1. The molecule has 0 aliphatic heterocycles. The predicted molar refractivity (Wildman–Crippen MR) is 72.3 cm³/mol. The molecule has 0 radical (unpaired) electrons. The van der Waals surface area contributed by atoms with E-state index in [1.54, 1.807) is 24.3 Å². The Balaban J connectivity index is 2.70. The van der Waals surface area contributed by atoms with Crippen LogP contribution in [0, 0.1) is 6.92 Å². The van der Waals surface area contributed by atoms with Gasteiger partial charge in [-0.1, -0.05) is 17.7 Å². The van der Waals surface area contributed by atoms with E-state index in [1.807, 2.05) is 6.92 Å². The molecule has 1 aromatic rings. The number of amides is 2. The van der Waals surface area contributed by atoms with E-state index in [4.69, 9.17) is 5.73 Å². The molecule has 6 nitrogen and oxygen atoms in total. The van der Waals surface area contributed by atoms with E-state index in [0.29, 0.717) is 5.69 Å². The monoisotopic (exact) mass is 284 g/mol. The van der Waals surface area contributed by atoms with E-state index in [2.05, 4.69) is 5.32 Å². The van der Waals surface area contributed by atoms with Crippen molar-refractivity contribution in [2.45, 2.75) is 19.1 Å².